The highest BCUT2D eigenvalue weighted by atomic mass is 16.5. The Bertz CT molecular complexity index is 698. The summed E-state index contributed by atoms with van der Waals surface area (Å²) in [6, 6.07) is 7.22. The summed E-state index contributed by atoms with van der Waals surface area (Å²) in [6.45, 7) is 0. The molecular formula is C16H16N2O3. The van der Waals surface area contributed by atoms with Crippen molar-refractivity contribution in [3.8, 4) is 11.6 Å². The second kappa shape index (κ2) is 5.44. The third-order valence-corrected chi connectivity index (χ3v) is 3.64. The zero-order valence-electron chi connectivity index (χ0n) is 11.5. The van der Waals surface area contributed by atoms with Crippen LogP contribution in [-0.4, -0.2) is 16.1 Å². The van der Waals surface area contributed by atoms with Crippen LogP contribution >= 0.6 is 0 Å². The van der Waals surface area contributed by atoms with Crippen molar-refractivity contribution in [3.63, 3.8) is 0 Å². The third-order valence-electron chi connectivity index (χ3n) is 3.64. The summed E-state index contributed by atoms with van der Waals surface area (Å²) < 4.78 is 5.64. The third kappa shape index (κ3) is 2.81. The monoisotopic (exact) mass is 284 g/mol. The fourth-order valence-electron chi connectivity index (χ4n) is 2.59. The lowest BCUT2D eigenvalue weighted by molar-refractivity contribution is 0.0693. The fraction of sp³-hybridized carbons (Fsp3) is 0.250. The maximum atomic E-state index is 11.2. The van der Waals surface area contributed by atoms with Crippen LogP contribution < -0.4 is 10.5 Å². The molecule has 1 aromatic heterocycles. The minimum Gasteiger partial charge on any atom is -0.477 e. The highest BCUT2D eigenvalue weighted by molar-refractivity contribution is 5.91. The van der Waals surface area contributed by atoms with E-state index < -0.39 is 5.97 Å². The molecule has 1 heterocycles. The lowest BCUT2D eigenvalue weighted by atomic mass is 9.92. The van der Waals surface area contributed by atoms with Crippen LogP contribution in [0.15, 0.2) is 30.5 Å². The van der Waals surface area contributed by atoms with E-state index in [0.717, 1.165) is 12.8 Å². The molecule has 0 fully saturated rings. The molecule has 3 rings (SSSR count). The van der Waals surface area contributed by atoms with Gasteiger partial charge in [0.05, 0.1) is 11.9 Å². The molecule has 0 unspecified atom stereocenters. The Kier molecular flexibility index (Phi) is 3.48. The van der Waals surface area contributed by atoms with Crippen molar-refractivity contribution in [1.29, 1.82) is 0 Å². The van der Waals surface area contributed by atoms with Crippen molar-refractivity contribution >= 4 is 11.7 Å². The van der Waals surface area contributed by atoms with E-state index in [1.54, 1.807) is 0 Å². The van der Waals surface area contributed by atoms with E-state index in [9.17, 15) is 9.90 Å². The van der Waals surface area contributed by atoms with Crippen LogP contribution in [0.25, 0.3) is 0 Å². The highest BCUT2D eigenvalue weighted by Gasteiger charge is 2.16. The van der Waals surface area contributed by atoms with Gasteiger partial charge in [0.25, 0.3) is 0 Å². The molecule has 0 saturated carbocycles. The molecule has 0 atom stereocenters. The topological polar surface area (TPSA) is 85.4 Å². The molecular weight excluding hydrogens is 268 g/mol. The number of anilines is 1. The number of pyridine rings is 1. The summed E-state index contributed by atoms with van der Waals surface area (Å²) in [4.78, 5) is 15.2. The van der Waals surface area contributed by atoms with Gasteiger partial charge in [0, 0.05) is 0 Å². The molecule has 1 aliphatic carbocycles. The van der Waals surface area contributed by atoms with Crippen LogP contribution in [0.4, 0.5) is 5.69 Å². The number of nitrogen functional groups attached to an aromatic ring is 1. The lowest BCUT2D eigenvalue weighted by Gasteiger charge is -2.16. The van der Waals surface area contributed by atoms with E-state index in [-0.39, 0.29) is 11.4 Å². The van der Waals surface area contributed by atoms with Crippen molar-refractivity contribution < 1.29 is 14.6 Å². The van der Waals surface area contributed by atoms with Crippen molar-refractivity contribution in [1.82, 2.24) is 4.98 Å². The normalized spacial score (nSPS) is 13.5. The Hall–Kier alpha value is -2.56. The van der Waals surface area contributed by atoms with Crippen LogP contribution in [0, 0.1) is 0 Å². The number of aryl methyl sites for hydroxylation is 2. The number of nitrogens with zero attached hydrogens (tertiary/aromatic N) is 1. The van der Waals surface area contributed by atoms with E-state index in [1.165, 1.54) is 36.2 Å². The van der Waals surface area contributed by atoms with Gasteiger partial charge in [0.2, 0.25) is 5.88 Å². The Labute approximate surface area is 122 Å². The van der Waals surface area contributed by atoms with Crippen LogP contribution in [0.3, 0.4) is 0 Å². The smallest absolute Gasteiger partial charge is 0.341 e. The quantitative estimate of drug-likeness (QED) is 0.904. The molecule has 0 amide bonds. The number of carbonyl (C=O) groups is 1. The van der Waals surface area contributed by atoms with Crippen LogP contribution in [0.1, 0.15) is 34.3 Å². The Morgan fingerprint density at radius 1 is 1.19 bits per heavy atom. The first-order chi connectivity index (χ1) is 10.1. The number of hydrogen-bond acceptors (Lipinski definition) is 4. The number of rotatable bonds is 3. The summed E-state index contributed by atoms with van der Waals surface area (Å²) >= 11 is 0. The number of carboxylic acids is 1. The van der Waals surface area contributed by atoms with E-state index in [2.05, 4.69) is 4.98 Å². The second-order valence-electron chi connectivity index (χ2n) is 5.17. The molecule has 5 heteroatoms. The average molecular weight is 284 g/mol. The Morgan fingerprint density at radius 3 is 2.71 bits per heavy atom. The Balaban J connectivity index is 1.92. The van der Waals surface area contributed by atoms with Crippen molar-refractivity contribution in [3.05, 3.63) is 47.2 Å². The first-order valence-electron chi connectivity index (χ1n) is 6.92. The van der Waals surface area contributed by atoms with E-state index in [4.69, 9.17) is 10.5 Å². The van der Waals surface area contributed by atoms with Crippen LogP contribution in [0.5, 0.6) is 11.6 Å². The summed E-state index contributed by atoms with van der Waals surface area (Å²) in [6.07, 6.45) is 5.91. The summed E-state index contributed by atoms with van der Waals surface area (Å²) in [5.74, 6) is -0.439. The standard InChI is InChI=1S/C16H16N2O3/c17-12-8-14(16(19)20)15(18-9-12)21-13-6-5-10-3-1-2-4-11(10)7-13/h5-9H,1-4,17H2,(H,19,20). The summed E-state index contributed by atoms with van der Waals surface area (Å²) in [5, 5.41) is 9.18. The number of aromatic nitrogens is 1. The number of ether oxygens (including phenoxy) is 1. The largest absolute Gasteiger partial charge is 0.477 e. The van der Waals surface area contributed by atoms with Gasteiger partial charge in [0.15, 0.2) is 0 Å². The predicted molar refractivity (Wildman–Crippen MR) is 78.8 cm³/mol. The molecule has 0 saturated heterocycles. The molecule has 1 aliphatic rings. The maximum absolute atomic E-state index is 11.2. The van der Waals surface area contributed by atoms with Gasteiger partial charge in [0.1, 0.15) is 11.3 Å². The molecule has 2 aromatic rings. The molecule has 108 valence electrons. The van der Waals surface area contributed by atoms with Gasteiger partial charge >= 0.3 is 5.97 Å². The number of nitrogens with two attached hydrogens (primary N) is 1. The first kappa shape index (κ1) is 13.4. The van der Waals surface area contributed by atoms with Gasteiger partial charge in [-0.3, -0.25) is 0 Å². The van der Waals surface area contributed by atoms with Gasteiger partial charge in [-0.2, -0.15) is 0 Å². The SMILES string of the molecule is Nc1cnc(Oc2ccc3c(c2)CCCC3)c(C(=O)O)c1. The number of hydrogen-bond donors (Lipinski definition) is 2. The fourth-order valence-corrected chi connectivity index (χ4v) is 2.59. The zero-order valence-corrected chi connectivity index (χ0v) is 11.5. The zero-order chi connectivity index (χ0) is 14.8. The summed E-state index contributed by atoms with van der Waals surface area (Å²) in [7, 11) is 0. The highest BCUT2D eigenvalue weighted by Crippen LogP contribution is 2.29. The van der Waals surface area contributed by atoms with Gasteiger partial charge in [-0.05, 0) is 55.0 Å². The number of aromatic carboxylic acids is 1. The molecule has 0 spiro atoms. The molecule has 0 bridgehead atoms. The number of carboxylic acid groups (broad SMARTS) is 1. The maximum Gasteiger partial charge on any atom is 0.341 e. The summed E-state index contributed by atoms with van der Waals surface area (Å²) in [5.41, 5.74) is 8.44. The van der Waals surface area contributed by atoms with Gasteiger partial charge in [-0.15, -0.1) is 0 Å². The minimum atomic E-state index is -1.11. The molecule has 5 nitrogen and oxygen atoms in total. The van der Waals surface area contributed by atoms with Gasteiger partial charge in [-0.1, -0.05) is 6.07 Å². The molecule has 0 aliphatic heterocycles. The van der Waals surface area contributed by atoms with E-state index in [0.29, 0.717) is 11.4 Å². The number of fused-ring (bicyclic) bond motifs is 1. The second-order valence-corrected chi connectivity index (χ2v) is 5.17. The molecule has 21 heavy (non-hydrogen) atoms. The average Bonchev–Trinajstić information content (AvgIpc) is 2.49. The van der Waals surface area contributed by atoms with Crippen molar-refractivity contribution in [2.75, 3.05) is 5.73 Å². The number of benzene rings is 1. The first-order valence-corrected chi connectivity index (χ1v) is 6.92. The lowest BCUT2D eigenvalue weighted by Crippen LogP contribution is -2.05. The van der Waals surface area contributed by atoms with Crippen LogP contribution in [-0.2, 0) is 12.8 Å². The van der Waals surface area contributed by atoms with Crippen molar-refractivity contribution in [2.24, 2.45) is 0 Å². The molecule has 1 aromatic carbocycles. The van der Waals surface area contributed by atoms with E-state index in [1.807, 2.05) is 18.2 Å². The minimum absolute atomic E-state index is 0.0345. The molecule has 3 N–H and O–H groups in total. The van der Waals surface area contributed by atoms with Crippen LogP contribution in [0.2, 0.25) is 0 Å². The van der Waals surface area contributed by atoms with E-state index >= 15 is 0 Å². The van der Waals surface area contributed by atoms with Gasteiger partial charge < -0.3 is 15.6 Å². The van der Waals surface area contributed by atoms with Crippen molar-refractivity contribution in [2.45, 2.75) is 25.7 Å². The van der Waals surface area contributed by atoms with Gasteiger partial charge in [-0.25, -0.2) is 9.78 Å². The predicted octanol–water partition coefficient (Wildman–Crippen LogP) is 3.03. The molecule has 0 radical (unpaired) electrons. The Morgan fingerprint density at radius 2 is 1.95 bits per heavy atom.